The van der Waals surface area contributed by atoms with E-state index in [0.717, 1.165) is 6.07 Å². The Hall–Kier alpha value is -2.21. The zero-order valence-corrected chi connectivity index (χ0v) is 11.7. The van der Waals surface area contributed by atoms with Crippen molar-refractivity contribution in [2.24, 2.45) is 0 Å². The summed E-state index contributed by atoms with van der Waals surface area (Å²) in [7, 11) is 1.27. The van der Waals surface area contributed by atoms with Crippen LogP contribution in [0.2, 0.25) is 0 Å². The maximum atomic E-state index is 13.6. The van der Waals surface area contributed by atoms with Gasteiger partial charge < -0.3 is 14.5 Å². The second kappa shape index (κ2) is 6.49. The first-order valence-corrected chi connectivity index (χ1v) is 6.36. The lowest BCUT2D eigenvalue weighted by Gasteiger charge is -2.14. The second-order valence-corrected chi connectivity index (χ2v) is 4.53. The zero-order chi connectivity index (χ0) is 15.4. The molecule has 2 aromatic rings. The molecule has 2 rings (SSSR count). The highest BCUT2D eigenvalue weighted by molar-refractivity contribution is 5.86. The molecule has 6 heteroatoms. The topological polar surface area (TPSA) is 51.5 Å². The number of rotatable bonds is 5. The molecule has 1 atom stereocenters. The molecule has 112 valence electrons. The van der Waals surface area contributed by atoms with Gasteiger partial charge >= 0.3 is 5.97 Å². The number of carbonyl (C=O) groups excluding carboxylic acids is 1. The standard InChI is InChI=1S/C15H15F2NO3/c1-9(12-5-3-10(16)7-13(12)17)18-8-11-4-6-14(21-11)15(19)20-2/h3-7,9,18H,8H2,1-2H3. The van der Waals surface area contributed by atoms with Gasteiger partial charge in [-0.25, -0.2) is 13.6 Å². The summed E-state index contributed by atoms with van der Waals surface area (Å²) in [5, 5.41) is 3.04. The third-order valence-corrected chi connectivity index (χ3v) is 3.06. The smallest absolute Gasteiger partial charge is 0.373 e. The number of methoxy groups -OCH3 is 1. The van der Waals surface area contributed by atoms with E-state index in [4.69, 9.17) is 4.42 Å². The molecule has 1 N–H and O–H groups in total. The molecule has 1 unspecified atom stereocenters. The Bertz CT molecular complexity index is 640. The molecule has 0 fully saturated rings. The van der Waals surface area contributed by atoms with E-state index in [1.54, 1.807) is 13.0 Å². The molecule has 0 spiro atoms. The minimum atomic E-state index is -0.614. The summed E-state index contributed by atoms with van der Waals surface area (Å²) in [6.07, 6.45) is 0. The van der Waals surface area contributed by atoms with E-state index < -0.39 is 17.6 Å². The zero-order valence-electron chi connectivity index (χ0n) is 11.7. The van der Waals surface area contributed by atoms with Crippen LogP contribution in [0.4, 0.5) is 8.78 Å². The highest BCUT2D eigenvalue weighted by Gasteiger charge is 2.14. The van der Waals surface area contributed by atoms with Gasteiger partial charge in [-0.3, -0.25) is 0 Å². The van der Waals surface area contributed by atoms with Crippen LogP contribution < -0.4 is 5.32 Å². The Morgan fingerprint density at radius 3 is 2.76 bits per heavy atom. The van der Waals surface area contributed by atoms with E-state index in [2.05, 4.69) is 10.1 Å². The lowest BCUT2D eigenvalue weighted by atomic mass is 10.1. The highest BCUT2D eigenvalue weighted by atomic mass is 19.1. The van der Waals surface area contributed by atoms with E-state index in [0.29, 0.717) is 17.9 Å². The molecule has 0 saturated carbocycles. The minimum absolute atomic E-state index is 0.106. The Morgan fingerprint density at radius 2 is 2.10 bits per heavy atom. The molecule has 0 amide bonds. The molecular weight excluding hydrogens is 280 g/mol. The van der Waals surface area contributed by atoms with Gasteiger partial charge in [0, 0.05) is 17.7 Å². The van der Waals surface area contributed by atoms with Crippen LogP contribution in [0.3, 0.4) is 0 Å². The lowest BCUT2D eigenvalue weighted by molar-refractivity contribution is 0.0563. The number of carbonyl (C=O) groups is 1. The van der Waals surface area contributed by atoms with Crippen molar-refractivity contribution in [3.8, 4) is 0 Å². The van der Waals surface area contributed by atoms with Gasteiger partial charge in [-0.05, 0) is 25.1 Å². The maximum Gasteiger partial charge on any atom is 0.373 e. The van der Waals surface area contributed by atoms with E-state index in [9.17, 15) is 13.6 Å². The number of hydrogen-bond donors (Lipinski definition) is 1. The summed E-state index contributed by atoms with van der Waals surface area (Å²) in [4.78, 5) is 11.2. The van der Waals surface area contributed by atoms with Gasteiger partial charge in [0.1, 0.15) is 17.4 Å². The quantitative estimate of drug-likeness (QED) is 0.861. The molecule has 1 aromatic carbocycles. The molecule has 21 heavy (non-hydrogen) atoms. The summed E-state index contributed by atoms with van der Waals surface area (Å²) < 4.78 is 36.3. The molecule has 1 heterocycles. The monoisotopic (exact) mass is 295 g/mol. The molecule has 0 radical (unpaired) electrons. The predicted molar refractivity (Wildman–Crippen MR) is 71.7 cm³/mol. The fraction of sp³-hybridized carbons (Fsp3) is 0.267. The van der Waals surface area contributed by atoms with Gasteiger partial charge in [0.2, 0.25) is 5.76 Å². The molecule has 0 aliphatic rings. The van der Waals surface area contributed by atoms with Crippen LogP contribution in [0, 0.1) is 11.6 Å². The molecule has 0 saturated heterocycles. The predicted octanol–water partition coefficient (Wildman–Crippen LogP) is 3.20. The maximum absolute atomic E-state index is 13.6. The van der Waals surface area contributed by atoms with Crippen molar-refractivity contribution in [3.05, 3.63) is 59.1 Å². The van der Waals surface area contributed by atoms with Gasteiger partial charge in [0.15, 0.2) is 0 Å². The van der Waals surface area contributed by atoms with E-state index in [1.165, 1.54) is 25.3 Å². The first-order valence-electron chi connectivity index (χ1n) is 6.36. The van der Waals surface area contributed by atoms with Crippen molar-refractivity contribution in [3.63, 3.8) is 0 Å². The van der Waals surface area contributed by atoms with Crippen LogP contribution >= 0.6 is 0 Å². The molecule has 0 aliphatic heterocycles. The van der Waals surface area contributed by atoms with Crippen LogP contribution in [-0.2, 0) is 11.3 Å². The summed E-state index contributed by atoms with van der Waals surface area (Å²) >= 11 is 0. The van der Waals surface area contributed by atoms with Crippen LogP contribution in [0.1, 0.15) is 34.8 Å². The minimum Gasteiger partial charge on any atom is -0.463 e. The number of halogens is 2. The van der Waals surface area contributed by atoms with Crippen LogP contribution in [0.5, 0.6) is 0 Å². The van der Waals surface area contributed by atoms with Crippen LogP contribution in [0.25, 0.3) is 0 Å². The SMILES string of the molecule is COC(=O)c1ccc(CNC(C)c2ccc(F)cc2F)o1. The Morgan fingerprint density at radius 1 is 1.33 bits per heavy atom. The fourth-order valence-corrected chi connectivity index (χ4v) is 1.90. The molecule has 0 aliphatic carbocycles. The summed E-state index contributed by atoms with van der Waals surface area (Å²) in [6, 6.07) is 6.25. The second-order valence-electron chi connectivity index (χ2n) is 4.53. The van der Waals surface area contributed by atoms with Crippen LogP contribution in [0.15, 0.2) is 34.7 Å². The van der Waals surface area contributed by atoms with Crippen molar-refractivity contribution in [2.45, 2.75) is 19.5 Å². The molecule has 0 bridgehead atoms. The van der Waals surface area contributed by atoms with Crippen molar-refractivity contribution >= 4 is 5.97 Å². The molecular formula is C15H15F2NO3. The van der Waals surface area contributed by atoms with E-state index >= 15 is 0 Å². The first-order chi connectivity index (χ1) is 10.0. The van der Waals surface area contributed by atoms with Gasteiger partial charge in [-0.2, -0.15) is 0 Å². The fourth-order valence-electron chi connectivity index (χ4n) is 1.90. The highest BCUT2D eigenvalue weighted by Crippen LogP contribution is 2.18. The average Bonchev–Trinajstić information content (AvgIpc) is 2.92. The lowest BCUT2D eigenvalue weighted by Crippen LogP contribution is -2.19. The Labute approximate surface area is 120 Å². The van der Waals surface area contributed by atoms with Crippen molar-refractivity contribution < 1.29 is 22.7 Å². The normalized spacial score (nSPS) is 12.2. The van der Waals surface area contributed by atoms with Crippen LogP contribution in [-0.4, -0.2) is 13.1 Å². The summed E-state index contributed by atoms with van der Waals surface area (Å²) in [6.45, 7) is 2.05. The Balaban J connectivity index is 1.99. The largest absolute Gasteiger partial charge is 0.463 e. The van der Waals surface area contributed by atoms with Gasteiger partial charge in [-0.1, -0.05) is 6.07 Å². The first kappa shape index (κ1) is 15.2. The number of benzene rings is 1. The number of hydrogen-bond acceptors (Lipinski definition) is 4. The average molecular weight is 295 g/mol. The van der Waals surface area contributed by atoms with Crippen molar-refractivity contribution in [1.29, 1.82) is 0 Å². The number of ether oxygens (including phenoxy) is 1. The van der Waals surface area contributed by atoms with Crippen molar-refractivity contribution in [2.75, 3.05) is 7.11 Å². The summed E-state index contributed by atoms with van der Waals surface area (Å²) in [5.74, 6) is -1.15. The third kappa shape index (κ3) is 3.66. The molecule has 4 nitrogen and oxygen atoms in total. The van der Waals surface area contributed by atoms with E-state index in [-0.39, 0.29) is 11.8 Å². The summed E-state index contributed by atoms with van der Waals surface area (Å²) in [5.41, 5.74) is 0.358. The number of nitrogens with one attached hydrogen (secondary N) is 1. The molecule has 1 aromatic heterocycles. The van der Waals surface area contributed by atoms with Crippen molar-refractivity contribution in [1.82, 2.24) is 5.32 Å². The van der Waals surface area contributed by atoms with E-state index in [1.807, 2.05) is 0 Å². The van der Waals surface area contributed by atoms with Gasteiger partial charge in [0.05, 0.1) is 13.7 Å². The Kier molecular flexibility index (Phi) is 4.70. The number of esters is 1. The third-order valence-electron chi connectivity index (χ3n) is 3.06. The van der Waals surface area contributed by atoms with Gasteiger partial charge in [-0.15, -0.1) is 0 Å². The van der Waals surface area contributed by atoms with Gasteiger partial charge in [0.25, 0.3) is 0 Å². The number of furan rings is 1.